The fourth-order valence-electron chi connectivity index (χ4n) is 2.07. The molecule has 0 aliphatic heterocycles. The fourth-order valence-corrected chi connectivity index (χ4v) is 2.07. The van der Waals surface area contributed by atoms with E-state index in [9.17, 15) is 9.18 Å². The number of aromatic nitrogens is 2. The Balaban J connectivity index is 1.79. The lowest BCUT2D eigenvalue weighted by atomic mass is 10.2. The van der Waals surface area contributed by atoms with Gasteiger partial charge in [0.05, 0.1) is 24.6 Å². The molecule has 3 aromatic rings. The van der Waals surface area contributed by atoms with Crippen LogP contribution < -0.4 is 4.74 Å². The van der Waals surface area contributed by atoms with Crippen molar-refractivity contribution in [3.63, 3.8) is 0 Å². The summed E-state index contributed by atoms with van der Waals surface area (Å²) in [6.45, 7) is 0.282. The SMILES string of the molecule is COC(=O)c1ccn2c(COc3ccc(F)cc3)cnc2c1. The van der Waals surface area contributed by atoms with Crippen LogP contribution in [0.15, 0.2) is 48.8 Å². The molecule has 0 aliphatic rings. The summed E-state index contributed by atoms with van der Waals surface area (Å²) in [5.74, 6) is -0.144. The van der Waals surface area contributed by atoms with Gasteiger partial charge < -0.3 is 13.9 Å². The zero-order chi connectivity index (χ0) is 15.5. The van der Waals surface area contributed by atoms with Crippen molar-refractivity contribution < 1.29 is 18.7 Å². The number of rotatable bonds is 4. The minimum Gasteiger partial charge on any atom is -0.487 e. The van der Waals surface area contributed by atoms with Gasteiger partial charge in [0.25, 0.3) is 0 Å². The maximum atomic E-state index is 12.8. The van der Waals surface area contributed by atoms with Gasteiger partial charge in [-0.25, -0.2) is 14.2 Å². The Morgan fingerprint density at radius 1 is 1.27 bits per heavy atom. The van der Waals surface area contributed by atoms with Gasteiger partial charge in [-0.2, -0.15) is 0 Å². The van der Waals surface area contributed by atoms with Crippen LogP contribution in [-0.4, -0.2) is 22.5 Å². The van der Waals surface area contributed by atoms with E-state index in [0.717, 1.165) is 5.69 Å². The van der Waals surface area contributed by atoms with Crippen LogP contribution in [0, 0.1) is 5.82 Å². The van der Waals surface area contributed by atoms with E-state index < -0.39 is 5.97 Å². The first-order chi connectivity index (χ1) is 10.7. The van der Waals surface area contributed by atoms with Crippen LogP contribution >= 0.6 is 0 Å². The Kier molecular flexibility index (Phi) is 3.74. The second kappa shape index (κ2) is 5.85. The van der Waals surface area contributed by atoms with Gasteiger partial charge in [-0.05, 0) is 36.4 Å². The highest BCUT2D eigenvalue weighted by Crippen LogP contribution is 2.15. The smallest absolute Gasteiger partial charge is 0.338 e. The summed E-state index contributed by atoms with van der Waals surface area (Å²) in [5.41, 5.74) is 1.88. The highest BCUT2D eigenvalue weighted by Gasteiger charge is 2.09. The standard InChI is InChI=1S/C16H13FN2O3/c1-21-16(20)11-6-7-19-13(9-18-15(19)8-11)10-22-14-4-2-12(17)3-5-14/h2-9H,10H2,1H3. The first-order valence-electron chi connectivity index (χ1n) is 6.60. The van der Waals surface area contributed by atoms with Gasteiger partial charge >= 0.3 is 5.97 Å². The first-order valence-corrected chi connectivity index (χ1v) is 6.60. The molecule has 0 saturated heterocycles. The molecule has 0 atom stereocenters. The van der Waals surface area contributed by atoms with Crippen LogP contribution in [0.2, 0.25) is 0 Å². The lowest BCUT2D eigenvalue weighted by Gasteiger charge is -2.06. The van der Waals surface area contributed by atoms with Crippen molar-refractivity contribution in [2.45, 2.75) is 6.61 Å². The summed E-state index contributed by atoms with van der Waals surface area (Å²) in [5, 5.41) is 0. The highest BCUT2D eigenvalue weighted by atomic mass is 19.1. The number of benzene rings is 1. The summed E-state index contributed by atoms with van der Waals surface area (Å²) in [6.07, 6.45) is 3.40. The number of pyridine rings is 1. The predicted octanol–water partition coefficient (Wildman–Crippen LogP) is 2.84. The molecule has 2 heterocycles. The van der Waals surface area contributed by atoms with Gasteiger partial charge in [0, 0.05) is 6.20 Å². The molecule has 3 rings (SSSR count). The number of hydrogen-bond donors (Lipinski definition) is 0. The van der Waals surface area contributed by atoms with Crippen LogP contribution in [-0.2, 0) is 11.3 Å². The molecule has 0 radical (unpaired) electrons. The van der Waals surface area contributed by atoms with Crippen LogP contribution in [0.1, 0.15) is 16.1 Å². The Morgan fingerprint density at radius 2 is 2.05 bits per heavy atom. The maximum Gasteiger partial charge on any atom is 0.338 e. The van der Waals surface area contributed by atoms with E-state index in [2.05, 4.69) is 9.72 Å². The van der Waals surface area contributed by atoms with Gasteiger partial charge in [0.1, 0.15) is 23.8 Å². The van der Waals surface area contributed by atoms with Gasteiger partial charge in [-0.15, -0.1) is 0 Å². The normalized spacial score (nSPS) is 10.6. The lowest BCUT2D eigenvalue weighted by Crippen LogP contribution is -2.03. The topological polar surface area (TPSA) is 52.8 Å². The largest absolute Gasteiger partial charge is 0.487 e. The second-order valence-electron chi connectivity index (χ2n) is 4.63. The van der Waals surface area contributed by atoms with E-state index in [-0.39, 0.29) is 12.4 Å². The Labute approximate surface area is 125 Å². The Morgan fingerprint density at radius 3 is 2.77 bits per heavy atom. The average molecular weight is 300 g/mol. The molecule has 1 aromatic carbocycles. The van der Waals surface area contributed by atoms with Gasteiger partial charge in [-0.3, -0.25) is 0 Å². The van der Waals surface area contributed by atoms with E-state index in [0.29, 0.717) is 17.0 Å². The summed E-state index contributed by atoms with van der Waals surface area (Å²) in [6, 6.07) is 9.11. The van der Waals surface area contributed by atoms with Gasteiger partial charge in [0.15, 0.2) is 0 Å². The minimum absolute atomic E-state index is 0.282. The molecule has 112 valence electrons. The molecule has 0 unspecified atom stereocenters. The highest BCUT2D eigenvalue weighted by molar-refractivity contribution is 5.90. The van der Waals surface area contributed by atoms with Gasteiger partial charge in [0.2, 0.25) is 0 Å². The van der Waals surface area contributed by atoms with E-state index >= 15 is 0 Å². The molecule has 0 bridgehead atoms. The molecular formula is C16H13FN2O3. The molecular weight excluding hydrogens is 287 g/mol. The molecule has 0 spiro atoms. The molecule has 0 N–H and O–H groups in total. The zero-order valence-electron chi connectivity index (χ0n) is 11.8. The number of ether oxygens (including phenoxy) is 2. The van der Waals surface area contributed by atoms with Crippen molar-refractivity contribution in [3.8, 4) is 5.75 Å². The summed E-state index contributed by atoms with van der Waals surface area (Å²) >= 11 is 0. The summed E-state index contributed by atoms with van der Waals surface area (Å²) in [7, 11) is 1.33. The third-order valence-corrected chi connectivity index (χ3v) is 3.21. The molecule has 22 heavy (non-hydrogen) atoms. The van der Waals surface area contributed by atoms with E-state index in [1.54, 1.807) is 36.7 Å². The number of methoxy groups -OCH3 is 1. The molecule has 0 amide bonds. The quantitative estimate of drug-likeness (QED) is 0.695. The minimum atomic E-state index is -0.408. The number of carbonyl (C=O) groups excluding carboxylic acids is 1. The van der Waals surface area contributed by atoms with Crippen molar-refractivity contribution in [2.75, 3.05) is 7.11 Å². The third kappa shape index (κ3) is 2.76. The summed E-state index contributed by atoms with van der Waals surface area (Å²) < 4.78 is 24.9. The Bertz CT molecular complexity index is 812. The van der Waals surface area contributed by atoms with Crippen LogP contribution in [0.5, 0.6) is 5.75 Å². The number of halogens is 1. The van der Waals surface area contributed by atoms with Crippen LogP contribution in [0.25, 0.3) is 5.65 Å². The molecule has 0 saturated carbocycles. The number of hydrogen-bond acceptors (Lipinski definition) is 4. The van der Waals surface area contributed by atoms with Crippen molar-refractivity contribution >= 4 is 11.6 Å². The molecule has 0 fully saturated rings. The third-order valence-electron chi connectivity index (χ3n) is 3.21. The number of imidazole rings is 1. The van der Waals surface area contributed by atoms with Crippen molar-refractivity contribution in [3.05, 3.63) is 65.9 Å². The lowest BCUT2D eigenvalue weighted by molar-refractivity contribution is 0.0600. The van der Waals surface area contributed by atoms with E-state index in [1.807, 2.05) is 4.40 Å². The van der Waals surface area contributed by atoms with E-state index in [4.69, 9.17) is 4.74 Å². The zero-order valence-corrected chi connectivity index (χ0v) is 11.8. The first kappa shape index (κ1) is 14.1. The van der Waals surface area contributed by atoms with Crippen LogP contribution in [0.3, 0.4) is 0 Å². The van der Waals surface area contributed by atoms with E-state index in [1.165, 1.54) is 19.2 Å². The molecule has 6 heteroatoms. The maximum absolute atomic E-state index is 12.8. The number of nitrogens with zero attached hydrogens (tertiary/aromatic N) is 2. The van der Waals surface area contributed by atoms with Crippen LogP contribution in [0.4, 0.5) is 4.39 Å². The molecule has 2 aromatic heterocycles. The monoisotopic (exact) mass is 300 g/mol. The number of fused-ring (bicyclic) bond motifs is 1. The van der Waals surface area contributed by atoms with Crippen molar-refractivity contribution in [2.24, 2.45) is 0 Å². The van der Waals surface area contributed by atoms with Crippen molar-refractivity contribution in [1.29, 1.82) is 0 Å². The molecule has 5 nitrogen and oxygen atoms in total. The predicted molar refractivity (Wildman–Crippen MR) is 77.3 cm³/mol. The van der Waals surface area contributed by atoms with Crippen molar-refractivity contribution in [1.82, 2.24) is 9.38 Å². The fraction of sp³-hybridized carbons (Fsp3) is 0.125. The Hall–Kier alpha value is -2.89. The summed E-state index contributed by atoms with van der Waals surface area (Å²) in [4.78, 5) is 15.7. The second-order valence-corrected chi connectivity index (χ2v) is 4.63. The number of esters is 1. The number of carbonyl (C=O) groups is 1. The molecule has 0 aliphatic carbocycles. The van der Waals surface area contributed by atoms with Gasteiger partial charge in [-0.1, -0.05) is 0 Å². The average Bonchev–Trinajstić information content (AvgIpc) is 2.96.